The number of carbonyl (C=O) groups excluding carboxylic acids is 2. The summed E-state index contributed by atoms with van der Waals surface area (Å²) in [6.07, 6.45) is 0.216. The molecule has 1 atom stereocenters. The van der Waals surface area contributed by atoms with E-state index in [1.807, 2.05) is 37.4 Å². The Labute approximate surface area is 139 Å². The fraction of sp³-hybridized carbons (Fsp3) is 0.312. The van der Waals surface area contributed by atoms with Crippen molar-refractivity contribution >= 4 is 29.0 Å². The first kappa shape index (κ1) is 17.0. The Morgan fingerprint density at radius 2 is 2.04 bits per heavy atom. The van der Waals surface area contributed by atoms with Gasteiger partial charge in [-0.25, -0.2) is 9.78 Å². The number of para-hydroxylation sites is 1. The number of likely N-dealkylation sites (N-methyl/N-ethyl adjacent to an activating group) is 1. The number of benzene rings is 1. The Morgan fingerprint density at radius 3 is 2.70 bits per heavy atom. The van der Waals surface area contributed by atoms with E-state index in [2.05, 4.69) is 20.9 Å². The van der Waals surface area contributed by atoms with Gasteiger partial charge >= 0.3 is 6.03 Å². The van der Waals surface area contributed by atoms with Crippen molar-refractivity contribution < 1.29 is 9.59 Å². The highest BCUT2D eigenvalue weighted by molar-refractivity contribution is 7.09. The third kappa shape index (κ3) is 4.79. The van der Waals surface area contributed by atoms with Gasteiger partial charge in [0.15, 0.2) is 0 Å². The first-order valence-corrected chi connectivity index (χ1v) is 8.15. The number of nitrogens with one attached hydrogen (secondary N) is 3. The molecule has 23 heavy (non-hydrogen) atoms. The topological polar surface area (TPSA) is 83.1 Å². The molecule has 7 heteroatoms. The number of aryl methyl sites for hydroxylation is 1. The largest absolute Gasteiger partial charge is 0.359 e. The molecule has 0 fully saturated rings. The van der Waals surface area contributed by atoms with Crippen LogP contribution >= 0.6 is 11.3 Å². The highest BCUT2D eigenvalue weighted by atomic mass is 32.1. The molecule has 2 rings (SSSR count). The van der Waals surface area contributed by atoms with E-state index in [9.17, 15) is 9.59 Å². The SMILES string of the molecule is CNC(=O)Cc1ccccc1NC(=O)N[C@H](C)c1nc(C)cs1. The second-order valence-electron chi connectivity index (χ2n) is 5.15. The van der Waals surface area contributed by atoms with E-state index in [0.29, 0.717) is 5.69 Å². The van der Waals surface area contributed by atoms with Gasteiger partial charge in [-0.2, -0.15) is 0 Å². The van der Waals surface area contributed by atoms with E-state index in [4.69, 9.17) is 0 Å². The zero-order chi connectivity index (χ0) is 16.8. The standard InChI is InChI=1S/C16H20N4O2S/c1-10-9-23-15(18-10)11(2)19-16(22)20-13-7-5-4-6-12(13)8-14(21)17-3/h4-7,9,11H,8H2,1-3H3,(H,17,21)(H2,19,20,22)/t11-/m1/s1. The van der Waals surface area contributed by atoms with Crippen molar-refractivity contribution in [1.29, 1.82) is 0 Å². The lowest BCUT2D eigenvalue weighted by Crippen LogP contribution is -2.31. The summed E-state index contributed by atoms with van der Waals surface area (Å²) in [6, 6.07) is 6.74. The van der Waals surface area contributed by atoms with Crippen LogP contribution in [0, 0.1) is 6.92 Å². The number of hydrogen-bond acceptors (Lipinski definition) is 4. The average Bonchev–Trinajstić information content (AvgIpc) is 2.95. The quantitative estimate of drug-likeness (QED) is 0.787. The molecule has 6 nitrogen and oxygen atoms in total. The second-order valence-corrected chi connectivity index (χ2v) is 6.04. The molecule has 2 aromatic rings. The molecule has 3 N–H and O–H groups in total. The van der Waals surface area contributed by atoms with Crippen molar-refractivity contribution in [2.75, 3.05) is 12.4 Å². The van der Waals surface area contributed by atoms with Crippen molar-refractivity contribution in [3.05, 3.63) is 45.9 Å². The summed E-state index contributed by atoms with van der Waals surface area (Å²) < 4.78 is 0. The van der Waals surface area contributed by atoms with Crippen molar-refractivity contribution in [2.24, 2.45) is 0 Å². The first-order valence-electron chi connectivity index (χ1n) is 7.27. The minimum Gasteiger partial charge on any atom is -0.359 e. The van der Waals surface area contributed by atoms with Gasteiger partial charge in [-0.05, 0) is 25.5 Å². The van der Waals surface area contributed by atoms with Crippen LogP contribution in [0.3, 0.4) is 0 Å². The summed E-state index contributed by atoms with van der Waals surface area (Å²) in [5.41, 5.74) is 2.32. The Kier molecular flexibility index (Phi) is 5.70. The normalized spacial score (nSPS) is 11.6. The third-order valence-electron chi connectivity index (χ3n) is 3.25. The van der Waals surface area contributed by atoms with Gasteiger partial charge in [-0.3, -0.25) is 4.79 Å². The monoisotopic (exact) mass is 332 g/mol. The number of aromatic nitrogens is 1. The maximum absolute atomic E-state index is 12.2. The van der Waals surface area contributed by atoms with Gasteiger partial charge < -0.3 is 16.0 Å². The van der Waals surface area contributed by atoms with E-state index in [-0.39, 0.29) is 24.4 Å². The number of nitrogens with zero attached hydrogens (tertiary/aromatic N) is 1. The number of carbonyl (C=O) groups is 2. The van der Waals surface area contributed by atoms with E-state index < -0.39 is 0 Å². The Morgan fingerprint density at radius 1 is 1.30 bits per heavy atom. The lowest BCUT2D eigenvalue weighted by atomic mass is 10.1. The van der Waals surface area contributed by atoms with E-state index in [1.54, 1.807) is 13.1 Å². The average molecular weight is 332 g/mol. The van der Waals surface area contributed by atoms with Crippen LogP contribution in [0.2, 0.25) is 0 Å². The van der Waals surface area contributed by atoms with Crippen molar-refractivity contribution in [2.45, 2.75) is 26.3 Å². The number of amides is 3. The van der Waals surface area contributed by atoms with Crippen molar-refractivity contribution in [3.8, 4) is 0 Å². The molecule has 1 aromatic carbocycles. The van der Waals surface area contributed by atoms with Gasteiger partial charge in [0.05, 0.1) is 12.5 Å². The highest BCUT2D eigenvalue weighted by Gasteiger charge is 2.14. The maximum atomic E-state index is 12.2. The molecule has 0 spiro atoms. The minimum atomic E-state index is -0.324. The van der Waals surface area contributed by atoms with E-state index >= 15 is 0 Å². The van der Waals surface area contributed by atoms with E-state index in [1.165, 1.54) is 11.3 Å². The van der Waals surface area contributed by atoms with Crippen LogP contribution in [0.1, 0.15) is 29.2 Å². The molecule has 3 amide bonds. The number of thiazole rings is 1. The molecule has 0 aliphatic rings. The fourth-order valence-electron chi connectivity index (χ4n) is 2.05. The van der Waals surface area contributed by atoms with Gasteiger partial charge in [0.25, 0.3) is 0 Å². The Hall–Kier alpha value is -2.41. The molecule has 0 saturated carbocycles. The zero-order valence-corrected chi connectivity index (χ0v) is 14.2. The molecule has 1 heterocycles. The summed E-state index contributed by atoms with van der Waals surface area (Å²) in [5, 5.41) is 11.0. The number of hydrogen-bond donors (Lipinski definition) is 3. The summed E-state index contributed by atoms with van der Waals surface area (Å²) in [6.45, 7) is 3.80. The maximum Gasteiger partial charge on any atom is 0.319 e. The minimum absolute atomic E-state index is 0.105. The van der Waals surface area contributed by atoms with E-state index in [0.717, 1.165) is 16.3 Å². The summed E-state index contributed by atoms with van der Waals surface area (Å²) >= 11 is 1.51. The molecule has 0 saturated heterocycles. The highest BCUT2D eigenvalue weighted by Crippen LogP contribution is 2.19. The van der Waals surface area contributed by atoms with Crippen LogP contribution in [0.15, 0.2) is 29.6 Å². The van der Waals surface area contributed by atoms with Gasteiger partial charge in [0.1, 0.15) is 5.01 Å². The van der Waals surface area contributed by atoms with Crippen LogP contribution in [0.4, 0.5) is 10.5 Å². The molecular weight excluding hydrogens is 312 g/mol. The molecule has 0 radical (unpaired) electrons. The van der Waals surface area contributed by atoms with Crippen LogP contribution in [-0.2, 0) is 11.2 Å². The molecule has 0 bridgehead atoms. The summed E-state index contributed by atoms with van der Waals surface area (Å²) in [4.78, 5) is 28.1. The van der Waals surface area contributed by atoms with Crippen LogP contribution in [-0.4, -0.2) is 24.0 Å². The van der Waals surface area contributed by atoms with Gasteiger partial charge in [0.2, 0.25) is 5.91 Å². The predicted molar refractivity (Wildman–Crippen MR) is 91.6 cm³/mol. The number of anilines is 1. The first-order chi connectivity index (χ1) is 11.0. The molecular formula is C16H20N4O2S. The zero-order valence-electron chi connectivity index (χ0n) is 13.3. The van der Waals surface area contributed by atoms with Gasteiger partial charge in [-0.1, -0.05) is 18.2 Å². The van der Waals surface area contributed by atoms with Crippen LogP contribution in [0.5, 0.6) is 0 Å². The number of rotatable bonds is 5. The fourth-order valence-corrected chi connectivity index (χ4v) is 2.85. The molecule has 0 unspecified atom stereocenters. The Bertz CT molecular complexity index is 699. The van der Waals surface area contributed by atoms with Crippen LogP contribution < -0.4 is 16.0 Å². The second kappa shape index (κ2) is 7.73. The molecule has 122 valence electrons. The predicted octanol–water partition coefficient (Wildman–Crippen LogP) is 2.62. The third-order valence-corrected chi connectivity index (χ3v) is 4.40. The van der Waals surface area contributed by atoms with Crippen molar-refractivity contribution in [1.82, 2.24) is 15.6 Å². The van der Waals surface area contributed by atoms with Crippen LogP contribution in [0.25, 0.3) is 0 Å². The van der Waals surface area contributed by atoms with Gasteiger partial charge in [0, 0.05) is 23.8 Å². The Balaban J connectivity index is 2.01. The summed E-state index contributed by atoms with van der Waals surface area (Å²) in [7, 11) is 1.59. The van der Waals surface area contributed by atoms with Crippen molar-refractivity contribution in [3.63, 3.8) is 0 Å². The number of urea groups is 1. The molecule has 0 aliphatic carbocycles. The molecule has 0 aliphatic heterocycles. The molecule has 1 aromatic heterocycles. The lowest BCUT2D eigenvalue weighted by molar-refractivity contribution is -0.119. The lowest BCUT2D eigenvalue weighted by Gasteiger charge is -2.14. The van der Waals surface area contributed by atoms with Gasteiger partial charge in [-0.15, -0.1) is 11.3 Å². The summed E-state index contributed by atoms with van der Waals surface area (Å²) in [5.74, 6) is -0.105. The smallest absolute Gasteiger partial charge is 0.319 e.